The molecular formula is C17H18O2. The maximum Gasteiger partial charge on any atom is 0.198 e. The summed E-state index contributed by atoms with van der Waals surface area (Å²) in [6.45, 7) is 1.50. The number of ether oxygens (including phenoxy) is 2. The summed E-state index contributed by atoms with van der Waals surface area (Å²) >= 11 is 0. The van der Waals surface area contributed by atoms with Gasteiger partial charge in [0.25, 0.3) is 0 Å². The van der Waals surface area contributed by atoms with Gasteiger partial charge in [-0.1, -0.05) is 60.7 Å². The van der Waals surface area contributed by atoms with Crippen molar-refractivity contribution in [2.45, 2.75) is 18.6 Å². The molecule has 2 nitrogen and oxygen atoms in total. The fourth-order valence-corrected chi connectivity index (χ4v) is 2.50. The van der Waals surface area contributed by atoms with Crippen LogP contribution in [0.15, 0.2) is 60.7 Å². The van der Waals surface area contributed by atoms with Crippen molar-refractivity contribution < 1.29 is 9.47 Å². The molecule has 0 aromatic heterocycles. The SMILES string of the molecule is c1ccc(CC2(c3ccccc3)OCCCO2)cc1. The van der Waals surface area contributed by atoms with Gasteiger partial charge in [-0.25, -0.2) is 0 Å². The van der Waals surface area contributed by atoms with Crippen molar-refractivity contribution in [1.82, 2.24) is 0 Å². The second kappa shape index (κ2) is 5.55. The third-order valence-corrected chi connectivity index (χ3v) is 3.45. The van der Waals surface area contributed by atoms with Gasteiger partial charge in [0.2, 0.25) is 0 Å². The zero-order valence-electron chi connectivity index (χ0n) is 10.9. The number of hydrogen-bond acceptors (Lipinski definition) is 2. The van der Waals surface area contributed by atoms with Gasteiger partial charge in [0, 0.05) is 12.0 Å². The Kier molecular flexibility index (Phi) is 3.62. The Morgan fingerprint density at radius 3 is 2.00 bits per heavy atom. The molecule has 2 heteroatoms. The monoisotopic (exact) mass is 254 g/mol. The Balaban J connectivity index is 1.93. The molecule has 1 saturated heterocycles. The van der Waals surface area contributed by atoms with Crippen molar-refractivity contribution in [2.75, 3.05) is 13.2 Å². The van der Waals surface area contributed by atoms with Gasteiger partial charge < -0.3 is 9.47 Å². The summed E-state index contributed by atoms with van der Waals surface area (Å²) in [6.07, 6.45) is 1.71. The van der Waals surface area contributed by atoms with Gasteiger partial charge in [0.1, 0.15) is 0 Å². The van der Waals surface area contributed by atoms with E-state index in [2.05, 4.69) is 36.4 Å². The highest BCUT2D eigenvalue weighted by molar-refractivity contribution is 5.25. The largest absolute Gasteiger partial charge is 0.345 e. The molecule has 0 amide bonds. The zero-order chi connectivity index (χ0) is 13.0. The van der Waals surface area contributed by atoms with Crippen LogP contribution in [0.1, 0.15) is 17.5 Å². The molecule has 0 radical (unpaired) electrons. The van der Waals surface area contributed by atoms with Crippen LogP contribution < -0.4 is 0 Å². The molecule has 1 aliphatic rings. The minimum Gasteiger partial charge on any atom is -0.345 e. The maximum atomic E-state index is 6.03. The van der Waals surface area contributed by atoms with Crippen LogP contribution >= 0.6 is 0 Å². The molecule has 0 atom stereocenters. The lowest BCUT2D eigenvalue weighted by atomic mass is 9.96. The molecule has 1 aliphatic heterocycles. The fourth-order valence-electron chi connectivity index (χ4n) is 2.50. The van der Waals surface area contributed by atoms with Crippen LogP contribution in [-0.4, -0.2) is 13.2 Å². The van der Waals surface area contributed by atoms with Crippen molar-refractivity contribution in [3.63, 3.8) is 0 Å². The van der Waals surface area contributed by atoms with Crippen LogP contribution in [0.5, 0.6) is 0 Å². The van der Waals surface area contributed by atoms with Crippen LogP contribution in [-0.2, 0) is 21.7 Å². The molecule has 19 heavy (non-hydrogen) atoms. The minimum absolute atomic E-state index is 0.624. The van der Waals surface area contributed by atoms with Gasteiger partial charge in [-0.05, 0) is 12.0 Å². The average Bonchev–Trinajstić information content (AvgIpc) is 2.50. The lowest BCUT2D eigenvalue weighted by molar-refractivity contribution is -0.275. The van der Waals surface area contributed by atoms with E-state index in [4.69, 9.17) is 9.47 Å². The highest BCUT2D eigenvalue weighted by Gasteiger charge is 2.36. The quantitative estimate of drug-likeness (QED) is 0.834. The lowest BCUT2D eigenvalue weighted by Gasteiger charge is -2.37. The van der Waals surface area contributed by atoms with Crippen molar-refractivity contribution >= 4 is 0 Å². The Morgan fingerprint density at radius 2 is 1.37 bits per heavy atom. The number of benzene rings is 2. The zero-order valence-corrected chi connectivity index (χ0v) is 10.9. The maximum absolute atomic E-state index is 6.03. The van der Waals surface area contributed by atoms with E-state index in [9.17, 15) is 0 Å². The Morgan fingerprint density at radius 1 is 0.789 bits per heavy atom. The van der Waals surface area contributed by atoms with Gasteiger partial charge >= 0.3 is 0 Å². The molecule has 0 aliphatic carbocycles. The van der Waals surface area contributed by atoms with Crippen LogP contribution in [0.2, 0.25) is 0 Å². The second-order valence-electron chi connectivity index (χ2n) is 4.83. The van der Waals surface area contributed by atoms with Crippen LogP contribution in [0.3, 0.4) is 0 Å². The van der Waals surface area contributed by atoms with Crippen molar-refractivity contribution in [1.29, 1.82) is 0 Å². The predicted molar refractivity (Wildman–Crippen MR) is 74.8 cm³/mol. The van der Waals surface area contributed by atoms with Crippen LogP contribution in [0.4, 0.5) is 0 Å². The molecule has 0 N–H and O–H groups in total. The Hall–Kier alpha value is -1.64. The van der Waals surface area contributed by atoms with E-state index in [1.54, 1.807) is 0 Å². The molecule has 2 aromatic carbocycles. The molecule has 3 rings (SSSR count). The summed E-state index contributed by atoms with van der Waals surface area (Å²) in [6, 6.07) is 20.6. The van der Waals surface area contributed by atoms with Gasteiger partial charge in [-0.3, -0.25) is 0 Å². The number of hydrogen-bond donors (Lipinski definition) is 0. The molecule has 0 unspecified atom stereocenters. The third-order valence-electron chi connectivity index (χ3n) is 3.45. The van der Waals surface area contributed by atoms with Crippen molar-refractivity contribution in [2.24, 2.45) is 0 Å². The Bertz CT molecular complexity index is 501. The van der Waals surface area contributed by atoms with Gasteiger partial charge in [0.05, 0.1) is 13.2 Å². The molecule has 0 saturated carbocycles. The first-order chi connectivity index (χ1) is 9.39. The summed E-state index contributed by atoms with van der Waals surface area (Å²) < 4.78 is 12.1. The average molecular weight is 254 g/mol. The van der Waals surface area contributed by atoms with E-state index in [1.165, 1.54) is 5.56 Å². The lowest BCUT2D eigenvalue weighted by Crippen LogP contribution is -2.40. The van der Waals surface area contributed by atoms with Gasteiger partial charge in [-0.15, -0.1) is 0 Å². The number of rotatable bonds is 3. The highest BCUT2D eigenvalue weighted by Crippen LogP contribution is 2.34. The molecule has 0 spiro atoms. The van der Waals surface area contributed by atoms with Crippen molar-refractivity contribution in [3.05, 3.63) is 71.8 Å². The summed E-state index contributed by atoms with van der Waals surface area (Å²) in [5.41, 5.74) is 2.33. The van der Waals surface area contributed by atoms with Gasteiger partial charge in [0.15, 0.2) is 5.79 Å². The fraction of sp³-hybridized carbons (Fsp3) is 0.294. The molecule has 1 fully saturated rings. The topological polar surface area (TPSA) is 18.5 Å². The van der Waals surface area contributed by atoms with E-state index >= 15 is 0 Å². The third kappa shape index (κ3) is 2.70. The molecule has 2 aromatic rings. The summed E-state index contributed by atoms with van der Waals surface area (Å²) in [4.78, 5) is 0. The van der Waals surface area contributed by atoms with E-state index in [0.29, 0.717) is 0 Å². The van der Waals surface area contributed by atoms with E-state index < -0.39 is 5.79 Å². The van der Waals surface area contributed by atoms with Crippen LogP contribution in [0.25, 0.3) is 0 Å². The molecule has 98 valence electrons. The first-order valence-electron chi connectivity index (χ1n) is 6.76. The smallest absolute Gasteiger partial charge is 0.198 e. The standard InChI is InChI=1S/C17H18O2/c1-3-8-15(9-4-1)14-17(18-12-7-13-19-17)16-10-5-2-6-11-16/h1-6,8-11H,7,12-14H2. The summed E-state index contributed by atoms with van der Waals surface area (Å²) in [5, 5.41) is 0. The Labute approximate surface area is 114 Å². The first kappa shape index (κ1) is 12.4. The van der Waals surface area contributed by atoms with Crippen LogP contribution in [0, 0.1) is 0 Å². The highest BCUT2D eigenvalue weighted by atomic mass is 16.7. The predicted octanol–water partition coefficient (Wildman–Crippen LogP) is 3.52. The van der Waals surface area contributed by atoms with E-state index in [-0.39, 0.29) is 0 Å². The second-order valence-corrected chi connectivity index (χ2v) is 4.83. The van der Waals surface area contributed by atoms with E-state index in [1.807, 2.05) is 24.3 Å². The summed E-state index contributed by atoms with van der Waals surface area (Å²) in [7, 11) is 0. The van der Waals surface area contributed by atoms with E-state index in [0.717, 1.165) is 31.6 Å². The normalized spacial score (nSPS) is 18.1. The first-order valence-corrected chi connectivity index (χ1v) is 6.76. The minimum atomic E-state index is -0.624. The van der Waals surface area contributed by atoms with Crippen molar-refractivity contribution in [3.8, 4) is 0 Å². The molecule has 0 bridgehead atoms. The molecular weight excluding hydrogens is 236 g/mol. The van der Waals surface area contributed by atoms with Gasteiger partial charge in [-0.2, -0.15) is 0 Å². The summed E-state index contributed by atoms with van der Waals surface area (Å²) in [5.74, 6) is -0.624. The molecule has 1 heterocycles.